The highest BCUT2D eigenvalue weighted by Crippen LogP contribution is 2.35. The van der Waals surface area contributed by atoms with Crippen LogP contribution in [0.5, 0.6) is 0 Å². The number of nitrogens with zero attached hydrogens (tertiary/aromatic N) is 1. The summed E-state index contributed by atoms with van der Waals surface area (Å²) in [6.07, 6.45) is 1.51. The minimum atomic E-state index is -0.559. The van der Waals surface area contributed by atoms with Gasteiger partial charge in [0.1, 0.15) is 11.5 Å². The Labute approximate surface area is 197 Å². The largest absolute Gasteiger partial charge is 0.465 e. The second-order valence-electron chi connectivity index (χ2n) is 6.75. The fourth-order valence-corrected chi connectivity index (χ4v) is 4.30. The number of carbonyl (C=O) groups is 3. The molecule has 1 fully saturated rings. The first-order chi connectivity index (χ1) is 15.4. The number of hydrogen-bond donors (Lipinski definition) is 0. The lowest BCUT2D eigenvalue weighted by molar-refractivity contribution is -0.123. The molecule has 2 amide bonds. The number of amides is 2. The van der Waals surface area contributed by atoms with Crippen molar-refractivity contribution in [3.05, 3.63) is 86.4 Å². The van der Waals surface area contributed by atoms with Crippen LogP contribution in [0.2, 0.25) is 10.0 Å². The first kappa shape index (κ1) is 22.2. The molecule has 1 aliphatic rings. The topological polar surface area (TPSA) is 76.8 Å². The van der Waals surface area contributed by atoms with Gasteiger partial charge in [0, 0.05) is 16.7 Å². The summed E-state index contributed by atoms with van der Waals surface area (Å²) in [7, 11) is 1.27. The van der Waals surface area contributed by atoms with Crippen LogP contribution in [0, 0.1) is 0 Å². The van der Waals surface area contributed by atoms with E-state index in [1.54, 1.807) is 54.6 Å². The Kier molecular flexibility index (Phi) is 6.41. The van der Waals surface area contributed by atoms with Crippen molar-refractivity contribution in [2.24, 2.45) is 0 Å². The predicted molar refractivity (Wildman–Crippen MR) is 123 cm³/mol. The third-order valence-electron chi connectivity index (χ3n) is 4.72. The van der Waals surface area contributed by atoms with E-state index in [0.29, 0.717) is 27.7 Å². The first-order valence-corrected chi connectivity index (χ1v) is 10.9. The number of carbonyl (C=O) groups excluding carboxylic acids is 3. The normalized spacial score (nSPS) is 15.0. The molecule has 1 saturated heterocycles. The van der Waals surface area contributed by atoms with Crippen LogP contribution in [0.25, 0.3) is 17.4 Å². The minimum Gasteiger partial charge on any atom is -0.465 e. The Morgan fingerprint density at radius 3 is 2.62 bits per heavy atom. The zero-order chi connectivity index (χ0) is 22.8. The molecule has 0 spiro atoms. The number of hydrogen-bond acceptors (Lipinski definition) is 6. The number of imide groups is 1. The number of methoxy groups -OCH3 is 1. The second-order valence-corrected chi connectivity index (χ2v) is 8.56. The number of benzene rings is 2. The monoisotopic (exact) mass is 487 g/mol. The lowest BCUT2D eigenvalue weighted by atomic mass is 10.1. The van der Waals surface area contributed by atoms with Gasteiger partial charge in [-0.15, -0.1) is 0 Å². The molecule has 0 N–H and O–H groups in total. The van der Waals surface area contributed by atoms with E-state index < -0.39 is 11.9 Å². The van der Waals surface area contributed by atoms with E-state index in [1.807, 2.05) is 0 Å². The van der Waals surface area contributed by atoms with Crippen LogP contribution in [0.1, 0.15) is 21.7 Å². The molecule has 3 aromatic rings. The van der Waals surface area contributed by atoms with Crippen molar-refractivity contribution in [3.8, 4) is 11.3 Å². The molecule has 0 bridgehead atoms. The van der Waals surface area contributed by atoms with Gasteiger partial charge >= 0.3 is 5.97 Å². The lowest BCUT2D eigenvalue weighted by Gasteiger charge is -2.13. The smallest absolute Gasteiger partial charge is 0.339 e. The van der Waals surface area contributed by atoms with Crippen LogP contribution in [-0.2, 0) is 16.1 Å². The van der Waals surface area contributed by atoms with E-state index in [-0.39, 0.29) is 27.3 Å². The van der Waals surface area contributed by atoms with Crippen molar-refractivity contribution >= 4 is 58.2 Å². The Bertz CT molecular complexity index is 1270. The summed E-state index contributed by atoms with van der Waals surface area (Å²) < 4.78 is 10.5. The zero-order valence-electron chi connectivity index (χ0n) is 16.6. The maximum Gasteiger partial charge on any atom is 0.339 e. The van der Waals surface area contributed by atoms with Crippen LogP contribution in [0.4, 0.5) is 4.79 Å². The van der Waals surface area contributed by atoms with Gasteiger partial charge in [0.15, 0.2) is 0 Å². The van der Waals surface area contributed by atoms with Crippen molar-refractivity contribution in [2.75, 3.05) is 7.11 Å². The average molecular weight is 488 g/mol. The summed E-state index contributed by atoms with van der Waals surface area (Å²) in [5.74, 6) is -0.126. The first-order valence-electron chi connectivity index (χ1n) is 9.34. The van der Waals surface area contributed by atoms with Crippen LogP contribution < -0.4 is 0 Å². The Morgan fingerprint density at radius 2 is 1.88 bits per heavy atom. The van der Waals surface area contributed by atoms with E-state index in [4.69, 9.17) is 32.4 Å². The van der Waals surface area contributed by atoms with Gasteiger partial charge in [-0.05, 0) is 53.7 Å². The van der Waals surface area contributed by atoms with Gasteiger partial charge in [-0.3, -0.25) is 14.5 Å². The van der Waals surface area contributed by atoms with Gasteiger partial charge in [-0.25, -0.2) is 4.79 Å². The van der Waals surface area contributed by atoms with Crippen LogP contribution in [0.15, 0.2) is 63.9 Å². The summed E-state index contributed by atoms with van der Waals surface area (Å²) in [5, 5.41) is 0.369. The van der Waals surface area contributed by atoms with Gasteiger partial charge in [0.2, 0.25) is 0 Å². The Balaban J connectivity index is 1.56. The summed E-state index contributed by atoms with van der Waals surface area (Å²) >= 11 is 13.0. The van der Waals surface area contributed by atoms with Gasteiger partial charge in [-0.1, -0.05) is 41.4 Å². The van der Waals surface area contributed by atoms with Crippen LogP contribution in [-0.4, -0.2) is 29.1 Å². The van der Waals surface area contributed by atoms with Crippen molar-refractivity contribution in [3.63, 3.8) is 0 Å². The summed E-state index contributed by atoms with van der Waals surface area (Å²) in [4.78, 5) is 38.4. The van der Waals surface area contributed by atoms with Gasteiger partial charge in [0.25, 0.3) is 11.1 Å². The van der Waals surface area contributed by atoms with E-state index in [9.17, 15) is 14.4 Å². The second kappa shape index (κ2) is 9.24. The maximum atomic E-state index is 12.8. The molecule has 0 aliphatic carbocycles. The van der Waals surface area contributed by atoms with E-state index >= 15 is 0 Å². The molecule has 1 aliphatic heterocycles. The standard InChI is InChI=1S/C23H15Cl2NO5S/c1-30-22(28)16-10-13(6-8-18(16)25)19-9-7-15(31-19)11-20-21(27)26(23(29)32-20)12-14-4-2-3-5-17(14)24/h2-11H,12H2,1H3/b20-11-. The zero-order valence-corrected chi connectivity index (χ0v) is 19.0. The van der Waals surface area contributed by atoms with Gasteiger partial charge in [0.05, 0.1) is 29.1 Å². The van der Waals surface area contributed by atoms with Gasteiger partial charge < -0.3 is 9.15 Å². The molecule has 0 atom stereocenters. The molecule has 162 valence electrons. The molecular formula is C23H15Cl2NO5S. The average Bonchev–Trinajstić information content (AvgIpc) is 3.35. The summed E-state index contributed by atoms with van der Waals surface area (Å²) in [5.41, 5.74) is 1.51. The quantitative estimate of drug-likeness (QED) is 0.311. The Hall–Kier alpha value is -3.00. The molecule has 6 nitrogen and oxygen atoms in total. The molecule has 0 unspecified atom stereocenters. The fraction of sp³-hybridized carbons (Fsp3) is 0.0870. The highest BCUT2D eigenvalue weighted by molar-refractivity contribution is 8.18. The molecule has 0 radical (unpaired) electrons. The van der Waals surface area contributed by atoms with E-state index in [2.05, 4.69) is 0 Å². The molecule has 9 heteroatoms. The number of furan rings is 1. The van der Waals surface area contributed by atoms with Crippen LogP contribution in [0.3, 0.4) is 0 Å². The van der Waals surface area contributed by atoms with Crippen LogP contribution >= 0.6 is 35.0 Å². The molecule has 0 saturated carbocycles. The van der Waals surface area contributed by atoms with Gasteiger partial charge in [-0.2, -0.15) is 0 Å². The summed E-state index contributed by atoms with van der Waals surface area (Å²) in [6.45, 7) is 0.0894. The maximum absolute atomic E-state index is 12.8. The van der Waals surface area contributed by atoms with Crippen molar-refractivity contribution in [2.45, 2.75) is 6.54 Å². The number of esters is 1. The third kappa shape index (κ3) is 4.46. The number of rotatable bonds is 5. The highest BCUT2D eigenvalue weighted by Gasteiger charge is 2.35. The Morgan fingerprint density at radius 1 is 1.09 bits per heavy atom. The molecule has 1 aromatic heterocycles. The molecule has 2 heterocycles. The summed E-state index contributed by atoms with van der Waals surface area (Å²) in [6, 6.07) is 15.3. The van der Waals surface area contributed by atoms with Crippen molar-refractivity contribution in [1.29, 1.82) is 0 Å². The molecule has 4 rings (SSSR count). The van der Waals surface area contributed by atoms with Crippen molar-refractivity contribution < 1.29 is 23.5 Å². The van der Waals surface area contributed by atoms with E-state index in [0.717, 1.165) is 16.7 Å². The number of thioether (sulfide) groups is 1. The SMILES string of the molecule is COC(=O)c1cc(-c2ccc(/C=C3\SC(=O)N(Cc4ccccc4Cl)C3=O)o2)ccc1Cl. The molecule has 2 aromatic carbocycles. The minimum absolute atomic E-state index is 0.0894. The molecule has 32 heavy (non-hydrogen) atoms. The van der Waals surface area contributed by atoms with Crippen molar-refractivity contribution in [1.82, 2.24) is 4.90 Å². The predicted octanol–water partition coefficient (Wildman–Crippen LogP) is 6.28. The lowest BCUT2D eigenvalue weighted by Crippen LogP contribution is -2.27. The van der Waals surface area contributed by atoms with E-state index in [1.165, 1.54) is 13.2 Å². The number of ether oxygens (including phenoxy) is 1. The number of halogens is 2. The highest BCUT2D eigenvalue weighted by atomic mass is 35.5. The fourth-order valence-electron chi connectivity index (χ4n) is 3.09. The molecular weight excluding hydrogens is 473 g/mol. The third-order valence-corrected chi connectivity index (χ3v) is 6.32.